The number of thioether (sulfide) groups is 1. The molecule has 3 N–H and O–H groups in total. The van der Waals surface area contributed by atoms with Crippen LogP contribution in [0.4, 0.5) is 5.69 Å². The number of nitrogens with zero attached hydrogens (tertiary/aromatic N) is 1. The number of anilines is 1. The molecule has 0 saturated heterocycles. The normalized spacial score (nSPS) is 17.4. The van der Waals surface area contributed by atoms with E-state index in [9.17, 15) is 4.79 Å². The summed E-state index contributed by atoms with van der Waals surface area (Å²) in [5.74, 6) is 1.01. The lowest BCUT2D eigenvalue weighted by Crippen LogP contribution is -2.41. The van der Waals surface area contributed by atoms with E-state index in [1.165, 1.54) is 10.5 Å². The molecule has 5 nitrogen and oxygen atoms in total. The van der Waals surface area contributed by atoms with E-state index in [1.54, 1.807) is 0 Å². The molecule has 3 rings (SSSR count). The molecule has 6 heteroatoms. The Labute approximate surface area is 171 Å². The van der Waals surface area contributed by atoms with Crippen molar-refractivity contribution >= 4 is 29.3 Å². The first-order valence-corrected chi connectivity index (χ1v) is 10.7. The number of carbonyl (C=O) groups excluding carboxylic acids is 1. The standard InChI is InChI=1S/C22H28N4OS/c1-3-23-22(24-14-16(2)28-18-9-5-4-6-10-18)25-15-17-13-21(27)26-20-12-8-7-11-19(17)20/h4-12,16-17H,3,13-15H2,1-2H3,(H,26,27)(H2,23,24,25). The zero-order valence-electron chi connectivity index (χ0n) is 16.4. The Balaban J connectivity index is 1.58. The number of fused-ring (bicyclic) bond motifs is 1. The molecule has 2 aromatic carbocycles. The Hall–Kier alpha value is -2.47. The average Bonchev–Trinajstić information content (AvgIpc) is 2.70. The summed E-state index contributed by atoms with van der Waals surface area (Å²) in [5, 5.41) is 10.1. The maximum atomic E-state index is 12.0. The maximum Gasteiger partial charge on any atom is 0.225 e. The molecule has 0 saturated carbocycles. The van der Waals surface area contributed by atoms with Crippen molar-refractivity contribution in [3.63, 3.8) is 0 Å². The lowest BCUT2D eigenvalue weighted by molar-refractivity contribution is -0.116. The van der Waals surface area contributed by atoms with Crippen LogP contribution >= 0.6 is 11.8 Å². The van der Waals surface area contributed by atoms with Crippen LogP contribution in [0.15, 0.2) is 64.5 Å². The topological polar surface area (TPSA) is 65.5 Å². The van der Waals surface area contributed by atoms with E-state index in [0.717, 1.165) is 24.7 Å². The summed E-state index contributed by atoms with van der Waals surface area (Å²) in [6, 6.07) is 18.4. The summed E-state index contributed by atoms with van der Waals surface area (Å²) in [6.07, 6.45) is 0.490. The van der Waals surface area contributed by atoms with Crippen LogP contribution in [0.3, 0.4) is 0 Å². The second-order valence-corrected chi connectivity index (χ2v) is 8.39. The van der Waals surface area contributed by atoms with Crippen molar-refractivity contribution in [2.45, 2.75) is 36.3 Å². The van der Waals surface area contributed by atoms with Crippen molar-refractivity contribution < 1.29 is 4.79 Å². The van der Waals surface area contributed by atoms with Crippen molar-refractivity contribution in [2.75, 3.05) is 25.0 Å². The highest BCUT2D eigenvalue weighted by molar-refractivity contribution is 8.00. The molecule has 0 radical (unpaired) electrons. The van der Waals surface area contributed by atoms with Crippen molar-refractivity contribution in [1.29, 1.82) is 0 Å². The van der Waals surface area contributed by atoms with Crippen LogP contribution in [-0.4, -0.2) is 36.8 Å². The van der Waals surface area contributed by atoms with Gasteiger partial charge in [-0.2, -0.15) is 0 Å². The van der Waals surface area contributed by atoms with Gasteiger partial charge >= 0.3 is 0 Å². The highest BCUT2D eigenvalue weighted by Crippen LogP contribution is 2.31. The fraction of sp³-hybridized carbons (Fsp3) is 0.364. The summed E-state index contributed by atoms with van der Waals surface area (Å²) in [6.45, 7) is 6.44. The maximum absolute atomic E-state index is 12.0. The Morgan fingerprint density at radius 3 is 2.71 bits per heavy atom. The summed E-state index contributed by atoms with van der Waals surface area (Å²) in [5.41, 5.74) is 2.10. The number of hydrogen-bond donors (Lipinski definition) is 3. The number of amides is 1. The van der Waals surface area contributed by atoms with Crippen molar-refractivity contribution in [1.82, 2.24) is 10.6 Å². The summed E-state index contributed by atoms with van der Waals surface area (Å²) in [4.78, 5) is 18.0. The summed E-state index contributed by atoms with van der Waals surface area (Å²) >= 11 is 1.83. The predicted molar refractivity (Wildman–Crippen MR) is 118 cm³/mol. The zero-order chi connectivity index (χ0) is 19.8. The third-order valence-electron chi connectivity index (χ3n) is 4.55. The van der Waals surface area contributed by atoms with Gasteiger partial charge in [0.05, 0.1) is 6.54 Å². The molecule has 1 heterocycles. The minimum atomic E-state index is 0.0697. The SMILES string of the molecule is CCNC(=NCC(C)Sc1ccccc1)NCC1CC(=O)Nc2ccccc21. The minimum absolute atomic E-state index is 0.0697. The molecule has 148 valence electrons. The van der Waals surface area contributed by atoms with Gasteiger partial charge in [-0.25, -0.2) is 0 Å². The Bertz CT molecular complexity index is 809. The summed E-state index contributed by atoms with van der Waals surface area (Å²) < 4.78 is 0. The molecule has 0 fully saturated rings. The van der Waals surface area contributed by atoms with Crippen LogP contribution < -0.4 is 16.0 Å². The van der Waals surface area contributed by atoms with E-state index in [4.69, 9.17) is 4.99 Å². The van der Waals surface area contributed by atoms with Crippen molar-refractivity contribution in [2.24, 2.45) is 4.99 Å². The largest absolute Gasteiger partial charge is 0.357 e. The van der Waals surface area contributed by atoms with Crippen LogP contribution in [0, 0.1) is 0 Å². The Morgan fingerprint density at radius 1 is 1.18 bits per heavy atom. The number of nitrogens with one attached hydrogen (secondary N) is 3. The van der Waals surface area contributed by atoms with Crippen LogP contribution in [0.5, 0.6) is 0 Å². The zero-order valence-corrected chi connectivity index (χ0v) is 17.3. The molecule has 0 bridgehead atoms. The van der Waals surface area contributed by atoms with Crippen LogP contribution in [0.2, 0.25) is 0 Å². The minimum Gasteiger partial charge on any atom is -0.357 e. The molecule has 1 aliphatic rings. The van der Waals surface area contributed by atoms with E-state index < -0.39 is 0 Å². The lowest BCUT2D eigenvalue weighted by atomic mass is 9.90. The number of benzene rings is 2. The van der Waals surface area contributed by atoms with E-state index >= 15 is 0 Å². The first kappa shape index (κ1) is 20.3. The third kappa shape index (κ3) is 5.76. The number of aliphatic imine (C=N–C) groups is 1. The van der Waals surface area contributed by atoms with Gasteiger partial charge in [-0.15, -0.1) is 11.8 Å². The molecular formula is C22H28N4OS. The van der Waals surface area contributed by atoms with Crippen LogP contribution in [0.1, 0.15) is 31.7 Å². The number of para-hydroxylation sites is 1. The first-order valence-electron chi connectivity index (χ1n) is 9.78. The predicted octanol–water partition coefficient (Wildman–Crippen LogP) is 3.85. The van der Waals surface area contributed by atoms with Crippen LogP contribution in [-0.2, 0) is 4.79 Å². The molecular weight excluding hydrogens is 368 g/mol. The van der Waals surface area contributed by atoms with Gasteiger partial charge in [0.25, 0.3) is 0 Å². The molecule has 2 atom stereocenters. The Morgan fingerprint density at radius 2 is 1.93 bits per heavy atom. The van der Waals surface area contributed by atoms with Gasteiger partial charge in [-0.1, -0.05) is 43.3 Å². The van der Waals surface area contributed by atoms with Gasteiger partial charge in [0.15, 0.2) is 5.96 Å². The quantitative estimate of drug-likeness (QED) is 0.378. The number of rotatable bonds is 7. The number of hydrogen-bond acceptors (Lipinski definition) is 3. The van der Waals surface area contributed by atoms with Gasteiger partial charge < -0.3 is 16.0 Å². The van der Waals surface area contributed by atoms with Gasteiger partial charge in [0, 0.05) is 41.3 Å². The number of carbonyl (C=O) groups is 1. The van der Waals surface area contributed by atoms with Gasteiger partial charge in [-0.05, 0) is 30.7 Å². The van der Waals surface area contributed by atoms with Gasteiger partial charge in [-0.3, -0.25) is 9.79 Å². The van der Waals surface area contributed by atoms with E-state index in [-0.39, 0.29) is 11.8 Å². The molecule has 2 unspecified atom stereocenters. The molecule has 1 amide bonds. The van der Waals surface area contributed by atoms with E-state index in [2.05, 4.69) is 60.1 Å². The number of guanidine groups is 1. The highest BCUT2D eigenvalue weighted by atomic mass is 32.2. The van der Waals surface area contributed by atoms with Gasteiger partial charge in [0.1, 0.15) is 0 Å². The average molecular weight is 397 g/mol. The molecule has 28 heavy (non-hydrogen) atoms. The smallest absolute Gasteiger partial charge is 0.225 e. The van der Waals surface area contributed by atoms with E-state index in [0.29, 0.717) is 18.2 Å². The molecule has 0 spiro atoms. The molecule has 0 aromatic heterocycles. The fourth-order valence-corrected chi connectivity index (χ4v) is 4.16. The second-order valence-electron chi connectivity index (χ2n) is 6.88. The lowest BCUT2D eigenvalue weighted by Gasteiger charge is -2.26. The van der Waals surface area contributed by atoms with Crippen molar-refractivity contribution in [3.8, 4) is 0 Å². The fourth-order valence-electron chi connectivity index (χ4n) is 3.23. The summed E-state index contributed by atoms with van der Waals surface area (Å²) in [7, 11) is 0. The highest BCUT2D eigenvalue weighted by Gasteiger charge is 2.24. The monoisotopic (exact) mass is 396 g/mol. The molecule has 0 aliphatic carbocycles. The third-order valence-corrected chi connectivity index (χ3v) is 5.65. The Kier molecular flexibility index (Phi) is 7.37. The van der Waals surface area contributed by atoms with Crippen molar-refractivity contribution in [3.05, 3.63) is 60.2 Å². The second kappa shape index (κ2) is 10.2. The van der Waals surface area contributed by atoms with Gasteiger partial charge in [0.2, 0.25) is 5.91 Å². The van der Waals surface area contributed by atoms with E-state index in [1.807, 2.05) is 36.0 Å². The molecule has 1 aliphatic heterocycles. The molecule has 2 aromatic rings. The first-order chi connectivity index (χ1) is 13.7. The van der Waals surface area contributed by atoms with Crippen LogP contribution in [0.25, 0.3) is 0 Å².